The largest absolute Gasteiger partial charge is 0.367 e. The normalized spacial score (nSPS) is 13.8. The molecule has 0 aromatic heterocycles. The summed E-state index contributed by atoms with van der Waals surface area (Å²) >= 11 is 9.72. The molecule has 0 saturated carbocycles. The Balaban J connectivity index is 1.86. The van der Waals surface area contributed by atoms with Crippen molar-refractivity contribution in [2.45, 2.75) is 13.0 Å². The molecule has 3 rings (SSSR count). The van der Waals surface area contributed by atoms with Gasteiger partial charge in [0.25, 0.3) is 0 Å². The standard InChI is InChI=1S/C15H13BrClN/c16-13-6-5-12(14(17)9-13)10-18-8-7-11-3-1-2-4-15(11)18/h1-6,9H,7-8,10H2. The Morgan fingerprint density at radius 2 is 2.00 bits per heavy atom. The minimum atomic E-state index is 0.828. The predicted molar refractivity (Wildman–Crippen MR) is 80.3 cm³/mol. The molecule has 2 aromatic carbocycles. The molecule has 0 N–H and O–H groups in total. The lowest BCUT2D eigenvalue weighted by Crippen LogP contribution is -2.19. The molecule has 0 aliphatic carbocycles. The summed E-state index contributed by atoms with van der Waals surface area (Å²) in [5, 5.41) is 0.828. The summed E-state index contributed by atoms with van der Waals surface area (Å²) in [7, 11) is 0. The van der Waals surface area contributed by atoms with Crippen molar-refractivity contribution >= 4 is 33.2 Å². The van der Waals surface area contributed by atoms with Crippen LogP contribution in [0.3, 0.4) is 0 Å². The Morgan fingerprint density at radius 1 is 1.17 bits per heavy atom. The van der Waals surface area contributed by atoms with E-state index in [0.29, 0.717) is 0 Å². The second kappa shape index (κ2) is 4.94. The highest BCUT2D eigenvalue weighted by Gasteiger charge is 2.18. The molecule has 0 amide bonds. The van der Waals surface area contributed by atoms with Gasteiger partial charge in [-0.05, 0) is 35.7 Å². The van der Waals surface area contributed by atoms with Gasteiger partial charge in [0, 0.05) is 28.3 Å². The van der Waals surface area contributed by atoms with Gasteiger partial charge in [0.2, 0.25) is 0 Å². The van der Waals surface area contributed by atoms with Crippen molar-refractivity contribution < 1.29 is 0 Å². The third-order valence-electron chi connectivity index (χ3n) is 3.36. The zero-order chi connectivity index (χ0) is 12.5. The van der Waals surface area contributed by atoms with Crippen LogP contribution >= 0.6 is 27.5 Å². The molecule has 1 nitrogen and oxygen atoms in total. The smallest absolute Gasteiger partial charge is 0.0467 e. The molecule has 0 radical (unpaired) electrons. The molecule has 3 heteroatoms. The van der Waals surface area contributed by atoms with Crippen LogP contribution < -0.4 is 4.90 Å². The van der Waals surface area contributed by atoms with Crippen LogP contribution in [0, 0.1) is 0 Å². The first-order valence-electron chi connectivity index (χ1n) is 6.01. The van der Waals surface area contributed by atoms with E-state index in [0.717, 1.165) is 29.0 Å². The van der Waals surface area contributed by atoms with Crippen LogP contribution in [-0.2, 0) is 13.0 Å². The van der Waals surface area contributed by atoms with Crippen molar-refractivity contribution in [1.82, 2.24) is 0 Å². The molecule has 0 saturated heterocycles. The summed E-state index contributed by atoms with van der Waals surface area (Å²) < 4.78 is 1.03. The molecular formula is C15H13BrClN. The van der Waals surface area contributed by atoms with Crippen LogP contribution in [0.2, 0.25) is 5.02 Å². The van der Waals surface area contributed by atoms with E-state index in [1.54, 1.807) is 0 Å². The zero-order valence-corrected chi connectivity index (χ0v) is 12.2. The fraction of sp³-hybridized carbons (Fsp3) is 0.200. The highest BCUT2D eigenvalue weighted by Crippen LogP contribution is 2.30. The number of rotatable bonds is 2. The van der Waals surface area contributed by atoms with Crippen LogP contribution in [-0.4, -0.2) is 6.54 Å². The summed E-state index contributed by atoms with van der Waals surface area (Å²) in [6.45, 7) is 1.95. The Kier molecular flexibility index (Phi) is 3.31. The van der Waals surface area contributed by atoms with Gasteiger partial charge in [0.05, 0.1) is 0 Å². The van der Waals surface area contributed by atoms with Gasteiger partial charge in [0.15, 0.2) is 0 Å². The Bertz CT molecular complexity index is 582. The lowest BCUT2D eigenvalue weighted by Gasteiger charge is -2.20. The Morgan fingerprint density at radius 3 is 2.83 bits per heavy atom. The van der Waals surface area contributed by atoms with Crippen molar-refractivity contribution in [2.75, 3.05) is 11.4 Å². The van der Waals surface area contributed by atoms with E-state index in [4.69, 9.17) is 11.6 Å². The van der Waals surface area contributed by atoms with Gasteiger partial charge in [-0.2, -0.15) is 0 Å². The fourth-order valence-corrected chi connectivity index (χ4v) is 3.16. The third-order valence-corrected chi connectivity index (χ3v) is 4.20. The number of halogens is 2. The molecule has 1 aliphatic rings. The van der Waals surface area contributed by atoms with Crippen LogP contribution in [0.15, 0.2) is 46.9 Å². The molecule has 2 aromatic rings. The first-order valence-corrected chi connectivity index (χ1v) is 7.18. The second-order valence-corrected chi connectivity index (χ2v) is 5.86. The SMILES string of the molecule is Clc1cc(Br)ccc1CN1CCc2ccccc21. The molecule has 0 atom stereocenters. The maximum Gasteiger partial charge on any atom is 0.0467 e. The minimum absolute atomic E-state index is 0.828. The molecule has 0 bridgehead atoms. The first kappa shape index (κ1) is 12.1. The summed E-state index contributed by atoms with van der Waals surface area (Å²) in [6, 6.07) is 14.7. The van der Waals surface area contributed by atoms with Crippen LogP contribution in [0.4, 0.5) is 5.69 Å². The molecule has 1 aliphatic heterocycles. The van der Waals surface area contributed by atoms with E-state index in [-0.39, 0.29) is 0 Å². The quantitative estimate of drug-likeness (QED) is 0.777. The average Bonchev–Trinajstić information content (AvgIpc) is 2.76. The van der Waals surface area contributed by atoms with Crippen molar-refractivity contribution in [3.63, 3.8) is 0 Å². The van der Waals surface area contributed by atoms with Crippen LogP contribution in [0.5, 0.6) is 0 Å². The summed E-state index contributed by atoms with van der Waals surface area (Å²) in [5.74, 6) is 0. The molecular weight excluding hydrogens is 310 g/mol. The molecule has 18 heavy (non-hydrogen) atoms. The van der Waals surface area contributed by atoms with Gasteiger partial charge in [-0.1, -0.05) is 51.8 Å². The maximum absolute atomic E-state index is 6.28. The van der Waals surface area contributed by atoms with E-state index >= 15 is 0 Å². The average molecular weight is 323 g/mol. The van der Waals surface area contributed by atoms with Crippen molar-refractivity contribution in [1.29, 1.82) is 0 Å². The lowest BCUT2D eigenvalue weighted by atomic mass is 10.1. The second-order valence-electron chi connectivity index (χ2n) is 4.54. The molecule has 0 unspecified atom stereocenters. The van der Waals surface area contributed by atoms with Crippen LogP contribution in [0.1, 0.15) is 11.1 Å². The molecule has 0 fully saturated rings. The highest BCUT2D eigenvalue weighted by molar-refractivity contribution is 9.10. The van der Waals surface area contributed by atoms with E-state index in [1.165, 1.54) is 16.8 Å². The maximum atomic E-state index is 6.28. The number of para-hydroxylation sites is 1. The number of hydrogen-bond acceptors (Lipinski definition) is 1. The van der Waals surface area contributed by atoms with Gasteiger partial charge >= 0.3 is 0 Å². The van der Waals surface area contributed by atoms with E-state index < -0.39 is 0 Å². The Labute approximate surface area is 121 Å². The predicted octanol–water partition coefficient (Wildman–Crippen LogP) is 4.67. The number of fused-ring (bicyclic) bond motifs is 1. The molecule has 92 valence electrons. The number of hydrogen-bond donors (Lipinski definition) is 0. The Hall–Kier alpha value is -0.990. The monoisotopic (exact) mass is 321 g/mol. The van der Waals surface area contributed by atoms with Gasteiger partial charge < -0.3 is 4.90 Å². The van der Waals surface area contributed by atoms with E-state index in [1.807, 2.05) is 12.1 Å². The first-order chi connectivity index (χ1) is 8.74. The number of nitrogens with zero attached hydrogens (tertiary/aromatic N) is 1. The number of benzene rings is 2. The zero-order valence-electron chi connectivity index (χ0n) is 9.87. The summed E-state index contributed by atoms with van der Waals surface area (Å²) in [5.41, 5.74) is 3.96. The topological polar surface area (TPSA) is 3.24 Å². The van der Waals surface area contributed by atoms with Crippen molar-refractivity contribution in [3.8, 4) is 0 Å². The third kappa shape index (κ3) is 2.27. The van der Waals surface area contributed by atoms with E-state index in [2.05, 4.69) is 51.2 Å². The summed E-state index contributed by atoms with van der Waals surface area (Å²) in [6.07, 6.45) is 1.13. The summed E-state index contributed by atoms with van der Waals surface area (Å²) in [4.78, 5) is 2.39. The molecule has 1 heterocycles. The van der Waals surface area contributed by atoms with Gasteiger partial charge in [-0.15, -0.1) is 0 Å². The van der Waals surface area contributed by atoms with Crippen molar-refractivity contribution in [2.24, 2.45) is 0 Å². The van der Waals surface area contributed by atoms with Crippen molar-refractivity contribution in [3.05, 3.63) is 63.1 Å². The van der Waals surface area contributed by atoms with Gasteiger partial charge in [0.1, 0.15) is 0 Å². The van der Waals surface area contributed by atoms with E-state index in [9.17, 15) is 0 Å². The fourth-order valence-electron chi connectivity index (χ4n) is 2.43. The van der Waals surface area contributed by atoms with Crippen LogP contribution in [0.25, 0.3) is 0 Å². The highest BCUT2D eigenvalue weighted by atomic mass is 79.9. The minimum Gasteiger partial charge on any atom is -0.367 e. The lowest BCUT2D eigenvalue weighted by molar-refractivity contribution is 0.836. The molecule has 0 spiro atoms. The van der Waals surface area contributed by atoms with Gasteiger partial charge in [-0.3, -0.25) is 0 Å². The van der Waals surface area contributed by atoms with Gasteiger partial charge in [-0.25, -0.2) is 0 Å². The number of anilines is 1.